The lowest BCUT2D eigenvalue weighted by molar-refractivity contribution is 0.393. The van der Waals surface area contributed by atoms with Gasteiger partial charge in [-0.05, 0) is 6.07 Å². The average molecular weight is 224 g/mol. The monoisotopic (exact) mass is 224 g/mol. The Hall–Kier alpha value is -1.69. The molecule has 0 aliphatic rings. The highest BCUT2D eigenvalue weighted by Gasteiger charge is 2.15. The first-order chi connectivity index (χ1) is 7.09. The Kier molecular flexibility index (Phi) is 2.28. The average Bonchev–Trinajstić information content (AvgIpc) is 2.69. The van der Waals surface area contributed by atoms with Gasteiger partial charge in [0.15, 0.2) is 16.1 Å². The van der Waals surface area contributed by atoms with Gasteiger partial charge in [0.05, 0.1) is 4.90 Å². The van der Waals surface area contributed by atoms with E-state index in [-0.39, 0.29) is 4.90 Å². The van der Waals surface area contributed by atoms with Crippen LogP contribution in [-0.2, 0) is 9.84 Å². The molecule has 6 heteroatoms. The van der Waals surface area contributed by atoms with Crippen LogP contribution in [0.15, 0.2) is 39.9 Å². The summed E-state index contributed by atoms with van der Waals surface area (Å²) in [6.07, 6.45) is 2.46. The first kappa shape index (κ1) is 9.85. The number of hydrogen-bond donors (Lipinski definition) is 0. The number of aromatic nitrogens is 2. The van der Waals surface area contributed by atoms with E-state index in [1.807, 2.05) is 0 Å². The molecule has 0 aliphatic carbocycles. The molecule has 5 nitrogen and oxygen atoms in total. The largest absolute Gasteiger partial charge is 0.345 e. The van der Waals surface area contributed by atoms with Gasteiger partial charge in [0.2, 0.25) is 0 Å². The zero-order chi connectivity index (χ0) is 10.9. The van der Waals surface area contributed by atoms with Crippen molar-refractivity contribution in [2.75, 3.05) is 6.26 Å². The van der Waals surface area contributed by atoms with E-state index in [2.05, 4.69) is 14.9 Å². The van der Waals surface area contributed by atoms with Gasteiger partial charge in [-0.1, -0.05) is 18.2 Å². The highest BCUT2D eigenvalue weighted by molar-refractivity contribution is 7.90. The topological polar surface area (TPSA) is 73.1 Å². The van der Waals surface area contributed by atoms with Crippen LogP contribution < -0.4 is 0 Å². The van der Waals surface area contributed by atoms with Gasteiger partial charge in [-0.25, -0.2) is 8.42 Å². The second kappa shape index (κ2) is 3.47. The van der Waals surface area contributed by atoms with Crippen LogP contribution in [0.5, 0.6) is 0 Å². The van der Waals surface area contributed by atoms with Gasteiger partial charge in [0.25, 0.3) is 0 Å². The standard InChI is InChI=1S/C9H8N2O3S/c1-15(12,13)9-5-3-2-4-7(9)8-6-14-11-10-8/h2-6H,1H3. The normalized spacial score (nSPS) is 11.5. The van der Waals surface area contributed by atoms with E-state index in [9.17, 15) is 8.42 Å². The predicted octanol–water partition coefficient (Wildman–Crippen LogP) is 1.14. The third kappa shape index (κ3) is 1.89. The molecule has 0 saturated heterocycles. The van der Waals surface area contributed by atoms with Crippen LogP contribution in [0.2, 0.25) is 0 Å². The van der Waals surface area contributed by atoms with Crippen molar-refractivity contribution in [1.29, 1.82) is 0 Å². The molecule has 0 radical (unpaired) electrons. The third-order valence-corrected chi connectivity index (χ3v) is 3.08. The van der Waals surface area contributed by atoms with E-state index in [4.69, 9.17) is 0 Å². The van der Waals surface area contributed by atoms with Crippen LogP contribution in [0.1, 0.15) is 0 Å². The Morgan fingerprint density at radius 1 is 1.27 bits per heavy atom. The van der Waals surface area contributed by atoms with Gasteiger partial charge in [-0.2, -0.15) is 0 Å². The number of benzene rings is 1. The smallest absolute Gasteiger partial charge is 0.176 e. The summed E-state index contributed by atoms with van der Waals surface area (Å²) in [6, 6.07) is 6.58. The lowest BCUT2D eigenvalue weighted by Crippen LogP contribution is -1.99. The summed E-state index contributed by atoms with van der Waals surface area (Å²) in [5.74, 6) is 0. The molecule has 1 aromatic carbocycles. The molecule has 0 atom stereocenters. The van der Waals surface area contributed by atoms with Crippen molar-refractivity contribution in [2.24, 2.45) is 0 Å². The molecular formula is C9H8N2O3S. The van der Waals surface area contributed by atoms with Crippen molar-refractivity contribution < 1.29 is 12.9 Å². The summed E-state index contributed by atoms with van der Waals surface area (Å²) in [7, 11) is -3.27. The van der Waals surface area contributed by atoms with Crippen LogP contribution in [0.25, 0.3) is 11.3 Å². The van der Waals surface area contributed by atoms with Gasteiger partial charge in [-0.3, -0.25) is 0 Å². The molecule has 0 unspecified atom stereocenters. The van der Waals surface area contributed by atoms with Crippen molar-refractivity contribution in [3.05, 3.63) is 30.5 Å². The maximum atomic E-state index is 11.5. The zero-order valence-corrected chi connectivity index (χ0v) is 8.73. The molecule has 1 heterocycles. The second-order valence-corrected chi connectivity index (χ2v) is 5.04. The highest BCUT2D eigenvalue weighted by Crippen LogP contribution is 2.24. The molecule has 78 valence electrons. The number of hydrogen-bond acceptors (Lipinski definition) is 5. The Morgan fingerprint density at radius 3 is 2.60 bits per heavy atom. The van der Waals surface area contributed by atoms with E-state index in [1.54, 1.807) is 18.2 Å². The molecule has 0 saturated carbocycles. The van der Waals surface area contributed by atoms with Crippen LogP contribution in [0.3, 0.4) is 0 Å². The first-order valence-electron chi connectivity index (χ1n) is 4.15. The van der Waals surface area contributed by atoms with E-state index in [1.165, 1.54) is 12.3 Å². The van der Waals surface area contributed by atoms with Crippen molar-refractivity contribution >= 4 is 9.84 Å². The van der Waals surface area contributed by atoms with E-state index in [0.29, 0.717) is 11.3 Å². The van der Waals surface area contributed by atoms with Crippen molar-refractivity contribution in [3.63, 3.8) is 0 Å². The fourth-order valence-electron chi connectivity index (χ4n) is 1.28. The van der Waals surface area contributed by atoms with Crippen LogP contribution in [-0.4, -0.2) is 25.0 Å². The summed E-state index contributed by atoms with van der Waals surface area (Å²) < 4.78 is 27.5. The Bertz CT molecular complexity index is 561. The molecule has 0 spiro atoms. The van der Waals surface area contributed by atoms with Gasteiger partial charge in [-0.15, -0.1) is 5.10 Å². The minimum absolute atomic E-state index is 0.223. The summed E-state index contributed by atoms with van der Waals surface area (Å²) in [5, 5.41) is 6.98. The molecule has 0 aliphatic heterocycles. The molecule has 2 rings (SSSR count). The molecule has 0 amide bonds. The number of nitrogens with zero attached hydrogens (tertiary/aromatic N) is 2. The lowest BCUT2D eigenvalue weighted by Gasteiger charge is -2.03. The van der Waals surface area contributed by atoms with Gasteiger partial charge >= 0.3 is 0 Å². The fraction of sp³-hybridized carbons (Fsp3) is 0.111. The summed E-state index contributed by atoms with van der Waals surface area (Å²) in [4.78, 5) is 0.223. The molecule has 0 N–H and O–H groups in total. The van der Waals surface area contributed by atoms with Crippen molar-refractivity contribution in [3.8, 4) is 11.3 Å². The minimum atomic E-state index is -3.27. The molecule has 2 aromatic rings. The van der Waals surface area contributed by atoms with Gasteiger partial charge < -0.3 is 4.52 Å². The van der Waals surface area contributed by atoms with E-state index >= 15 is 0 Å². The molecule has 0 fully saturated rings. The Morgan fingerprint density at radius 2 is 2.00 bits per heavy atom. The molecule has 15 heavy (non-hydrogen) atoms. The summed E-state index contributed by atoms with van der Waals surface area (Å²) in [6.45, 7) is 0. The molecule has 0 bridgehead atoms. The van der Waals surface area contributed by atoms with E-state index < -0.39 is 9.84 Å². The first-order valence-corrected chi connectivity index (χ1v) is 6.05. The zero-order valence-electron chi connectivity index (χ0n) is 7.91. The maximum Gasteiger partial charge on any atom is 0.176 e. The quantitative estimate of drug-likeness (QED) is 0.764. The Labute approximate surface area is 86.6 Å². The highest BCUT2D eigenvalue weighted by atomic mass is 32.2. The van der Waals surface area contributed by atoms with Gasteiger partial charge in [0, 0.05) is 17.1 Å². The number of rotatable bonds is 2. The lowest BCUT2D eigenvalue weighted by atomic mass is 10.2. The van der Waals surface area contributed by atoms with Crippen molar-refractivity contribution in [1.82, 2.24) is 10.4 Å². The molecule has 1 aromatic heterocycles. The van der Waals surface area contributed by atoms with Crippen LogP contribution >= 0.6 is 0 Å². The predicted molar refractivity (Wildman–Crippen MR) is 52.8 cm³/mol. The summed E-state index contributed by atoms with van der Waals surface area (Å²) >= 11 is 0. The van der Waals surface area contributed by atoms with E-state index in [0.717, 1.165) is 6.26 Å². The van der Waals surface area contributed by atoms with Gasteiger partial charge in [0.1, 0.15) is 5.69 Å². The van der Waals surface area contributed by atoms with Crippen LogP contribution in [0, 0.1) is 0 Å². The van der Waals surface area contributed by atoms with Crippen LogP contribution in [0.4, 0.5) is 0 Å². The fourth-order valence-corrected chi connectivity index (χ4v) is 2.18. The third-order valence-electron chi connectivity index (χ3n) is 1.92. The Balaban J connectivity index is 2.68. The SMILES string of the molecule is CS(=O)(=O)c1ccccc1-c1conn1. The second-order valence-electron chi connectivity index (χ2n) is 3.06. The number of sulfone groups is 1. The minimum Gasteiger partial charge on any atom is -0.345 e. The van der Waals surface area contributed by atoms with Crippen molar-refractivity contribution in [2.45, 2.75) is 4.90 Å². The molecular weight excluding hydrogens is 216 g/mol. The maximum absolute atomic E-state index is 11.5. The summed E-state index contributed by atoms with van der Waals surface area (Å²) in [5.41, 5.74) is 0.914.